The number of rotatable bonds is 1. The second kappa shape index (κ2) is 3.64. The summed E-state index contributed by atoms with van der Waals surface area (Å²) >= 11 is 1.71. The summed E-state index contributed by atoms with van der Waals surface area (Å²) in [4.78, 5) is 6.64. The summed E-state index contributed by atoms with van der Waals surface area (Å²) in [7, 11) is 0. The number of hydrogen-bond donors (Lipinski definition) is 1. The van der Waals surface area contributed by atoms with Crippen molar-refractivity contribution < 1.29 is 0 Å². The van der Waals surface area contributed by atoms with E-state index >= 15 is 0 Å². The van der Waals surface area contributed by atoms with Gasteiger partial charge < -0.3 is 10.6 Å². The van der Waals surface area contributed by atoms with Gasteiger partial charge in [0, 0.05) is 30.7 Å². The lowest BCUT2D eigenvalue weighted by Gasteiger charge is -2.34. The second-order valence-corrected chi connectivity index (χ2v) is 4.56. The monoisotopic (exact) mass is 197 g/mol. The van der Waals surface area contributed by atoms with E-state index in [4.69, 9.17) is 5.73 Å². The summed E-state index contributed by atoms with van der Waals surface area (Å²) in [6.45, 7) is 4.32. The first kappa shape index (κ1) is 8.97. The van der Waals surface area contributed by atoms with Gasteiger partial charge in [0.1, 0.15) is 0 Å². The van der Waals surface area contributed by atoms with E-state index < -0.39 is 0 Å². The molecule has 1 aromatic rings. The summed E-state index contributed by atoms with van der Waals surface area (Å²) in [5.41, 5.74) is 5.95. The third-order valence-corrected chi connectivity index (χ3v) is 3.49. The van der Waals surface area contributed by atoms with Crippen LogP contribution in [0.15, 0.2) is 11.6 Å². The highest BCUT2D eigenvalue weighted by Gasteiger charge is 2.23. The average molecular weight is 197 g/mol. The van der Waals surface area contributed by atoms with Crippen LogP contribution in [0.1, 0.15) is 13.3 Å². The van der Waals surface area contributed by atoms with Gasteiger partial charge in [0.05, 0.1) is 0 Å². The highest BCUT2D eigenvalue weighted by Crippen LogP contribution is 2.23. The molecule has 72 valence electrons. The Bertz CT molecular complexity index is 260. The molecule has 1 aliphatic heterocycles. The van der Waals surface area contributed by atoms with E-state index in [1.165, 1.54) is 0 Å². The molecule has 2 unspecified atom stereocenters. The molecular weight excluding hydrogens is 182 g/mol. The molecule has 1 aromatic heterocycles. The van der Waals surface area contributed by atoms with Gasteiger partial charge in [-0.05, 0) is 12.3 Å². The molecule has 0 amide bonds. The number of hydrogen-bond acceptors (Lipinski definition) is 4. The first-order chi connectivity index (χ1) is 6.27. The molecule has 4 heteroatoms. The minimum Gasteiger partial charge on any atom is -0.348 e. The molecule has 3 nitrogen and oxygen atoms in total. The van der Waals surface area contributed by atoms with Gasteiger partial charge in [-0.2, -0.15) is 0 Å². The molecule has 2 heterocycles. The fourth-order valence-electron chi connectivity index (χ4n) is 1.71. The minimum absolute atomic E-state index is 0.371. The molecule has 0 spiro atoms. The molecule has 0 aromatic carbocycles. The van der Waals surface area contributed by atoms with Crippen molar-refractivity contribution >= 4 is 16.5 Å². The number of aromatic nitrogens is 1. The van der Waals surface area contributed by atoms with Gasteiger partial charge in [0.2, 0.25) is 0 Å². The summed E-state index contributed by atoms with van der Waals surface area (Å²) in [5.74, 6) is 0.581. The molecule has 1 fully saturated rings. The molecule has 13 heavy (non-hydrogen) atoms. The molecule has 0 radical (unpaired) electrons. The largest absolute Gasteiger partial charge is 0.348 e. The van der Waals surface area contributed by atoms with Crippen LogP contribution in [0.5, 0.6) is 0 Å². The van der Waals surface area contributed by atoms with Crippen LogP contribution < -0.4 is 10.6 Å². The van der Waals surface area contributed by atoms with E-state index in [1.807, 2.05) is 11.6 Å². The number of piperidine rings is 1. The number of anilines is 1. The second-order valence-electron chi connectivity index (χ2n) is 3.69. The Labute approximate surface area is 82.6 Å². The van der Waals surface area contributed by atoms with E-state index in [-0.39, 0.29) is 0 Å². The Morgan fingerprint density at radius 3 is 3.15 bits per heavy atom. The smallest absolute Gasteiger partial charge is 0.185 e. The van der Waals surface area contributed by atoms with Gasteiger partial charge in [0.15, 0.2) is 5.13 Å². The molecule has 0 saturated carbocycles. The quantitative estimate of drug-likeness (QED) is 0.738. The maximum Gasteiger partial charge on any atom is 0.185 e. The Balaban J connectivity index is 2.03. The molecular formula is C9H15N3S. The fraction of sp³-hybridized carbons (Fsp3) is 0.667. The van der Waals surface area contributed by atoms with Crippen LogP contribution >= 0.6 is 11.3 Å². The maximum absolute atomic E-state index is 5.95. The van der Waals surface area contributed by atoms with Crippen molar-refractivity contribution in [2.75, 3.05) is 18.0 Å². The SMILES string of the molecule is CC1CN(c2nccs2)CCC1N. The molecule has 1 saturated heterocycles. The summed E-state index contributed by atoms with van der Waals surface area (Å²) in [6, 6.07) is 0.371. The van der Waals surface area contributed by atoms with Crippen LogP contribution in [0.25, 0.3) is 0 Å². The van der Waals surface area contributed by atoms with Gasteiger partial charge in [-0.1, -0.05) is 6.92 Å². The van der Waals surface area contributed by atoms with Gasteiger partial charge in [-0.25, -0.2) is 4.98 Å². The zero-order valence-corrected chi connectivity index (χ0v) is 8.63. The van der Waals surface area contributed by atoms with Gasteiger partial charge in [-0.15, -0.1) is 11.3 Å². The van der Waals surface area contributed by atoms with E-state index in [2.05, 4.69) is 16.8 Å². The van der Waals surface area contributed by atoms with Crippen molar-refractivity contribution in [2.24, 2.45) is 11.7 Å². The Kier molecular flexibility index (Phi) is 2.51. The van der Waals surface area contributed by atoms with Crippen LogP contribution in [0.4, 0.5) is 5.13 Å². The number of nitrogens with zero attached hydrogens (tertiary/aromatic N) is 2. The predicted molar refractivity (Wildman–Crippen MR) is 56.1 cm³/mol. The first-order valence-electron chi connectivity index (χ1n) is 4.67. The minimum atomic E-state index is 0.371. The fourth-order valence-corrected chi connectivity index (χ4v) is 2.39. The third kappa shape index (κ3) is 1.84. The lowest BCUT2D eigenvalue weighted by molar-refractivity contribution is 0.382. The van der Waals surface area contributed by atoms with E-state index in [9.17, 15) is 0 Å². The van der Waals surface area contributed by atoms with Crippen LogP contribution in [-0.4, -0.2) is 24.1 Å². The van der Waals surface area contributed by atoms with E-state index in [0.29, 0.717) is 12.0 Å². The molecule has 2 atom stereocenters. The number of nitrogens with two attached hydrogens (primary N) is 1. The van der Waals surface area contributed by atoms with Crippen molar-refractivity contribution in [3.05, 3.63) is 11.6 Å². The van der Waals surface area contributed by atoms with Crippen LogP contribution in [0, 0.1) is 5.92 Å². The molecule has 0 bridgehead atoms. The molecule has 1 aliphatic rings. The predicted octanol–water partition coefficient (Wildman–Crippen LogP) is 1.32. The zero-order chi connectivity index (χ0) is 9.26. The number of thiazole rings is 1. The van der Waals surface area contributed by atoms with E-state index in [1.54, 1.807) is 11.3 Å². The summed E-state index contributed by atoms with van der Waals surface area (Å²) in [5, 5.41) is 3.16. The Hall–Kier alpha value is -0.610. The lowest BCUT2D eigenvalue weighted by atomic mass is 9.95. The Morgan fingerprint density at radius 1 is 1.69 bits per heavy atom. The van der Waals surface area contributed by atoms with Gasteiger partial charge in [0.25, 0.3) is 0 Å². The normalized spacial score (nSPS) is 29.2. The first-order valence-corrected chi connectivity index (χ1v) is 5.55. The maximum atomic E-state index is 5.95. The third-order valence-electron chi connectivity index (χ3n) is 2.66. The highest BCUT2D eigenvalue weighted by molar-refractivity contribution is 7.13. The van der Waals surface area contributed by atoms with Crippen molar-refractivity contribution in [1.82, 2.24) is 4.98 Å². The molecule has 0 aliphatic carbocycles. The van der Waals surface area contributed by atoms with Crippen LogP contribution in [-0.2, 0) is 0 Å². The standard InChI is InChI=1S/C9H15N3S/c1-7-6-12(4-2-8(7)10)9-11-3-5-13-9/h3,5,7-8H,2,4,6,10H2,1H3. The molecule has 2 N–H and O–H groups in total. The zero-order valence-electron chi connectivity index (χ0n) is 7.81. The lowest BCUT2D eigenvalue weighted by Crippen LogP contribution is -2.45. The van der Waals surface area contributed by atoms with Crippen molar-refractivity contribution in [1.29, 1.82) is 0 Å². The average Bonchev–Trinajstić information content (AvgIpc) is 2.62. The van der Waals surface area contributed by atoms with Crippen molar-refractivity contribution in [3.8, 4) is 0 Å². The van der Waals surface area contributed by atoms with Gasteiger partial charge >= 0.3 is 0 Å². The topological polar surface area (TPSA) is 42.2 Å². The van der Waals surface area contributed by atoms with Crippen LogP contribution in [0.3, 0.4) is 0 Å². The van der Waals surface area contributed by atoms with Crippen molar-refractivity contribution in [2.45, 2.75) is 19.4 Å². The highest BCUT2D eigenvalue weighted by atomic mass is 32.1. The summed E-state index contributed by atoms with van der Waals surface area (Å²) < 4.78 is 0. The van der Waals surface area contributed by atoms with Crippen molar-refractivity contribution in [3.63, 3.8) is 0 Å². The summed E-state index contributed by atoms with van der Waals surface area (Å²) in [6.07, 6.45) is 2.94. The molecule has 2 rings (SSSR count). The van der Waals surface area contributed by atoms with E-state index in [0.717, 1.165) is 24.6 Å². The van der Waals surface area contributed by atoms with Crippen LogP contribution in [0.2, 0.25) is 0 Å². The Morgan fingerprint density at radius 2 is 2.54 bits per heavy atom. The van der Waals surface area contributed by atoms with Gasteiger partial charge in [-0.3, -0.25) is 0 Å².